The number of nitrogens with zero attached hydrogens (tertiary/aromatic N) is 4. The van der Waals surface area contributed by atoms with Gasteiger partial charge in [-0.15, -0.1) is 11.3 Å². The minimum Gasteiger partial charge on any atom is -0.331 e. The fourth-order valence-corrected chi connectivity index (χ4v) is 3.22. The molecule has 0 amide bonds. The van der Waals surface area contributed by atoms with E-state index in [1.54, 1.807) is 11.3 Å². The molecule has 0 aliphatic rings. The van der Waals surface area contributed by atoms with Crippen LogP contribution in [0.3, 0.4) is 0 Å². The Balaban J connectivity index is 1.72. The highest BCUT2D eigenvalue weighted by atomic mass is 32.1. The summed E-state index contributed by atoms with van der Waals surface area (Å²) in [6.45, 7) is 0.871. The maximum Gasteiger partial charge on any atom is 0.140 e. The number of hydrogen-bond donors (Lipinski definition) is 0. The number of rotatable bonds is 4. The molecule has 0 saturated carbocycles. The first kappa shape index (κ1) is 13.2. The van der Waals surface area contributed by atoms with Crippen LogP contribution in [-0.4, -0.2) is 19.5 Å². The number of thiazole rings is 1. The molecule has 0 radical (unpaired) electrons. The number of fused-ring (bicyclic) bond motifs is 1. The van der Waals surface area contributed by atoms with Crippen molar-refractivity contribution in [1.29, 1.82) is 0 Å². The van der Waals surface area contributed by atoms with E-state index >= 15 is 0 Å². The highest BCUT2D eigenvalue weighted by Crippen LogP contribution is 2.26. The van der Waals surface area contributed by atoms with Gasteiger partial charge in [-0.2, -0.15) is 0 Å². The van der Waals surface area contributed by atoms with Crippen LogP contribution in [0.2, 0.25) is 0 Å². The van der Waals surface area contributed by atoms with Crippen molar-refractivity contribution in [3.63, 3.8) is 0 Å². The first-order valence-electron chi connectivity index (χ1n) is 7.14. The summed E-state index contributed by atoms with van der Waals surface area (Å²) in [6, 6.07) is 10.2. The van der Waals surface area contributed by atoms with Gasteiger partial charge < -0.3 is 4.57 Å². The number of pyridine rings is 1. The maximum atomic E-state index is 4.55. The Labute approximate surface area is 132 Å². The van der Waals surface area contributed by atoms with Crippen LogP contribution in [0.1, 0.15) is 5.69 Å². The van der Waals surface area contributed by atoms with Crippen molar-refractivity contribution in [3.8, 4) is 11.4 Å². The molecule has 1 aromatic carbocycles. The summed E-state index contributed by atoms with van der Waals surface area (Å²) in [5.74, 6) is 0.980. The van der Waals surface area contributed by atoms with Gasteiger partial charge >= 0.3 is 0 Å². The third-order valence-electron chi connectivity index (χ3n) is 3.69. The van der Waals surface area contributed by atoms with Gasteiger partial charge in [-0.3, -0.25) is 4.98 Å². The highest BCUT2D eigenvalue weighted by Gasteiger charge is 2.10. The van der Waals surface area contributed by atoms with Crippen LogP contribution in [0.4, 0.5) is 0 Å². The third-order valence-corrected chi connectivity index (χ3v) is 4.33. The topological polar surface area (TPSA) is 43.6 Å². The standard InChI is InChI=1S/C17H14N4S/c1-3-15(14-4-2-7-18-16(14)5-1)17-19-8-10-21(17)9-6-13-11-22-12-20-13/h1-5,7-8,10-12H,6,9H2. The second kappa shape index (κ2) is 5.69. The summed E-state index contributed by atoms with van der Waals surface area (Å²) in [5.41, 5.74) is 5.12. The molecule has 4 aromatic rings. The van der Waals surface area contributed by atoms with Gasteiger partial charge in [0.2, 0.25) is 0 Å². The van der Waals surface area contributed by atoms with E-state index in [1.807, 2.05) is 42.3 Å². The molecule has 0 N–H and O–H groups in total. The molecule has 0 aliphatic heterocycles. The molecule has 108 valence electrons. The molecule has 4 nitrogen and oxygen atoms in total. The molecule has 0 aliphatic carbocycles. The van der Waals surface area contributed by atoms with Gasteiger partial charge in [0.25, 0.3) is 0 Å². The first-order valence-corrected chi connectivity index (χ1v) is 8.08. The Bertz CT molecular complexity index is 891. The van der Waals surface area contributed by atoms with Gasteiger partial charge in [-0.25, -0.2) is 9.97 Å². The fraction of sp³-hybridized carbons (Fsp3) is 0.118. The second-order valence-corrected chi connectivity index (χ2v) is 5.77. The molecule has 4 rings (SSSR count). The minimum absolute atomic E-state index is 0.871. The van der Waals surface area contributed by atoms with Crippen molar-refractivity contribution in [2.75, 3.05) is 0 Å². The predicted octanol–water partition coefficient (Wildman–Crippen LogP) is 3.80. The van der Waals surface area contributed by atoms with Crippen LogP contribution in [0.15, 0.2) is 59.8 Å². The van der Waals surface area contributed by atoms with E-state index in [9.17, 15) is 0 Å². The van der Waals surface area contributed by atoms with E-state index < -0.39 is 0 Å². The monoisotopic (exact) mass is 306 g/mol. The van der Waals surface area contributed by atoms with Crippen molar-refractivity contribution < 1.29 is 0 Å². The summed E-state index contributed by atoms with van der Waals surface area (Å²) < 4.78 is 2.18. The molecule has 3 heterocycles. The van der Waals surface area contributed by atoms with Crippen molar-refractivity contribution in [1.82, 2.24) is 19.5 Å². The predicted molar refractivity (Wildman–Crippen MR) is 88.8 cm³/mol. The Kier molecular flexibility index (Phi) is 3.40. The minimum atomic E-state index is 0.871. The molecule has 22 heavy (non-hydrogen) atoms. The molecule has 0 atom stereocenters. The maximum absolute atomic E-state index is 4.55. The summed E-state index contributed by atoms with van der Waals surface area (Å²) in [7, 11) is 0. The number of aryl methyl sites for hydroxylation is 2. The zero-order valence-corrected chi connectivity index (χ0v) is 12.7. The van der Waals surface area contributed by atoms with Crippen molar-refractivity contribution >= 4 is 22.2 Å². The molecule has 0 unspecified atom stereocenters. The van der Waals surface area contributed by atoms with E-state index in [0.717, 1.165) is 41.0 Å². The van der Waals surface area contributed by atoms with Crippen LogP contribution in [-0.2, 0) is 13.0 Å². The molecular weight excluding hydrogens is 292 g/mol. The zero-order valence-electron chi connectivity index (χ0n) is 11.9. The van der Waals surface area contributed by atoms with Crippen molar-refractivity contribution in [2.45, 2.75) is 13.0 Å². The van der Waals surface area contributed by atoms with Crippen LogP contribution < -0.4 is 0 Å². The average Bonchev–Trinajstić information content (AvgIpc) is 3.24. The Hall–Kier alpha value is -2.53. The average molecular weight is 306 g/mol. The van der Waals surface area contributed by atoms with Gasteiger partial charge in [0.1, 0.15) is 5.82 Å². The summed E-state index contributed by atoms with van der Waals surface area (Å²) in [4.78, 5) is 13.3. The number of benzene rings is 1. The Morgan fingerprint density at radius 2 is 2.00 bits per heavy atom. The number of aromatic nitrogens is 4. The van der Waals surface area contributed by atoms with Gasteiger partial charge in [0, 0.05) is 47.9 Å². The Morgan fingerprint density at radius 3 is 2.91 bits per heavy atom. The van der Waals surface area contributed by atoms with Crippen molar-refractivity contribution in [2.24, 2.45) is 0 Å². The molecule has 5 heteroatoms. The molecule has 0 spiro atoms. The first-order chi connectivity index (χ1) is 10.9. The quantitative estimate of drug-likeness (QED) is 0.576. The highest BCUT2D eigenvalue weighted by molar-refractivity contribution is 7.07. The van der Waals surface area contributed by atoms with Crippen LogP contribution in [0.25, 0.3) is 22.3 Å². The van der Waals surface area contributed by atoms with Crippen LogP contribution in [0.5, 0.6) is 0 Å². The van der Waals surface area contributed by atoms with Gasteiger partial charge in [0.15, 0.2) is 0 Å². The van der Waals surface area contributed by atoms with Crippen molar-refractivity contribution in [3.05, 3.63) is 65.5 Å². The van der Waals surface area contributed by atoms with Gasteiger partial charge in [0.05, 0.1) is 16.7 Å². The molecular formula is C17H14N4S. The van der Waals surface area contributed by atoms with E-state index in [1.165, 1.54) is 0 Å². The lowest BCUT2D eigenvalue weighted by Crippen LogP contribution is -2.03. The normalized spacial score (nSPS) is 11.1. The van der Waals surface area contributed by atoms with Crippen LogP contribution >= 0.6 is 11.3 Å². The smallest absolute Gasteiger partial charge is 0.140 e. The number of hydrogen-bond acceptors (Lipinski definition) is 4. The van der Waals surface area contributed by atoms with Gasteiger partial charge in [-0.1, -0.05) is 18.2 Å². The zero-order chi connectivity index (χ0) is 14.8. The molecule has 0 saturated heterocycles. The fourth-order valence-electron chi connectivity index (χ4n) is 2.63. The number of imidazole rings is 1. The van der Waals surface area contributed by atoms with E-state index in [0.29, 0.717) is 0 Å². The molecule has 3 aromatic heterocycles. The van der Waals surface area contributed by atoms with Crippen LogP contribution in [0, 0.1) is 0 Å². The lowest BCUT2D eigenvalue weighted by Gasteiger charge is -2.09. The van der Waals surface area contributed by atoms with E-state index in [-0.39, 0.29) is 0 Å². The second-order valence-electron chi connectivity index (χ2n) is 5.05. The molecule has 0 fully saturated rings. The van der Waals surface area contributed by atoms with E-state index in [4.69, 9.17) is 0 Å². The third kappa shape index (κ3) is 2.40. The lowest BCUT2D eigenvalue weighted by atomic mass is 10.1. The molecule has 0 bridgehead atoms. The lowest BCUT2D eigenvalue weighted by molar-refractivity contribution is 0.695. The SMILES string of the molecule is c1cc(-c2nccn2CCc2cscn2)c2cccnc2c1. The van der Waals surface area contributed by atoms with Gasteiger partial charge in [-0.05, 0) is 12.1 Å². The van der Waals surface area contributed by atoms with E-state index in [2.05, 4.69) is 37.0 Å². The summed E-state index contributed by atoms with van der Waals surface area (Å²) in [5, 5.41) is 3.23. The Morgan fingerprint density at radius 1 is 1.00 bits per heavy atom. The summed E-state index contributed by atoms with van der Waals surface area (Å²) >= 11 is 1.63. The largest absolute Gasteiger partial charge is 0.331 e. The summed E-state index contributed by atoms with van der Waals surface area (Å²) in [6.07, 6.45) is 6.61.